The van der Waals surface area contributed by atoms with Crippen LogP contribution in [0.1, 0.15) is 28.8 Å². The summed E-state index contributed by atoms with van der Waals surface area (Å²) in [5.74, 6) is 2.50. The van der Waals surface area contributed by atoms with Crippen LogP contribution in [0.4, 0.5) is 0 Å². The topological polar surface area (TPSA) is 76.6 Å². The van der Waals surface area contributed by atoms with Gasteiger partial charge in [-0.15, -0.1) is 11.3 Å². The van der Waals surface area contributed by atoms with E-state index in [1.807, 2.05) is 19.2 Å². The number of hydrogen-bond acceptors (Lipinski definition) is 5. The van der Waals surface area contributed by atoms with Crippen LogP contribution in [-0.2, 0) is 32.9 Å². The van der Waals surface area contributed by atoms with Crippen molar-refractivity contribution in [2.75, 3.05) is 20.2 Å². The van der Waals surface area contributed by atoms with Gasteiger partial charge in [0.2, 0.25) is 5.88 Å². The second-order valence-electron chi connectivity index (χ2n) is 6.59. The average molecular weight is 416 g/mol. The van der Waals surface area contributed by atoms with Crippen molar-refractivity contribution in [3.05, 3.63) is 57.8 Å². The first kappa shape index (κ1) is 21.0. The molecule has 0 amide bonds. The number of rotatable bonds is 10. The second kappa shape index (κ2) is 10.7. The number of nitrogens with one attached hydrogen (secondary N) is 2. The van der Waals surface area contributed by atoms with Crippen LogP contribution in [0.15, 0.2) is 45.3 Å². The third-order valence-corrected chi connectivity index (χ3v) is 5.52. The highest BCUT2D eigenvalue weighted by molar-refractivity contribution is 7.09. The number of thiophene rings is 1. The molecule has 0 aliphatic carbocycles. The summed E-state index contributed by atoms with van der Waals surface area (Å²) in [6.45, 7) is 4.16. The van der Waals surface area contributed by atoms with Crippen LogP contribution in [0.3, 0.4) is 0 Å². The van der Waals surface area contributed by atoms with E-state index in [2.05, 4.69) is 40.2 Å². The van der Waals surface area contributed by atoms with E-state index in [1.165, 1.54) is 4.88 Å². The number of methoxy groups -OCH3 is 1. The van der Waals surface area contributed by atoms with Crippen molar-refractivity contribution in [2.24, 2.45) is 12.0 Å². The fourth-order valence-corrected chi connectivity index (χ4v) is 3.86. The lowest BCUT2D eigenvalue weighted by Gasteiger charge is -2.12. The minimum absolute atomic E-state index is 0.509. The van der Waals surface area contributed by atoms with Gasteiger partial charge in [-0.05, 0) is 36.4 Å². The van der Waals surface area contributed by atoms with E-state index in [9.17, 15) is 0 Å². The standard InChI is InChI=1S/C21H29N5O2S/c1-4-19-18(20(27-3)26(2)25-19)15-24-21(22-11-9-16-7-5-13-28-16)23-12-10-17-8-6-14-29-17/h5-8,13-14H,4,9-12,15H2,1-3H3,(H2,22,23,24). The lowest BCUT2D eigenvalue weighted by atomic mass is 10.2. The lowest BCUT2D eigenvalue weighted by molar-refractivity contribution is 0.369. The van der Waals surface area contributed by atoms with Gasteiger partial charge in [0.1, 0.15) is 5.76 Å². The van der Waals surface area contributed by atoms with Crippen molar-refractivity contribution in [2.45, 2.75) is 32.7 Å². The highest BCUT2D eigenvalue weighted by Gasteiger charge is 2.15. The maximum absolute atomic E-state index is 5.53. The predicted molar refractivity (Wildman–Crippen MR) is 117 cm³/mol. The molecule has 8 heteroatoms. The third kappa shape index (κ3) is 5.87. The molecule has 7 nitrogen and oxygen atoms in total. The fraction of sp³-hybridized carbons (Fsp3) is 0.429. The van der Waals surface area contributed by atoms with E-state index < -0.39 is 0 Å². The number of nitrogens with zero attached hydrogens (tertiary/aromatic N) is 3. The van der Waals surface area contributed by atoms with Gasteiger partial charge in [-0.1, -0.05) is 13.0 Å². The maximum atomic E-state index is 5.53. The van der Waals surface area contributed by atoms with E-state index in [0.29, 0.717) is 6.54 Å². The summed E-state index contributed by atoms with van der Waals surface area (Å²) in [5, 5.41) is 13.5. The molecule has 0 aromatic carbocycles. The van der Waals surface area contributed by atoms with Gasteiger partial charge in [0.25, 0.3) is 0 Å². The number of aryl methyl sites for hydroxylation is 2. The Bertz CT molecular complexity index is 842. The summed E-state index contributed by atoms with van der Waals surface area (Å²) in [5.41, 5.74) is 2.05. The molecule has 3 rings (SSSR count). The Kier molecular flexibility index (Phi) is 7.75. The van der Waals surface area contributed by atoms with Gasteiger partial charge in [0.15, 0.2) is 5.96 Å². The van der Waals surface area contributed by atoms with E-state index in [0.717, 1.165) is 61.2 Å². The van der Waals surface area contributed by atoms with E-state index in [1.54, 1.807) is 29.4 Å². The molecule has 3 aromatic rings. The van der Waals surface area contributed by atoms with Crippen molar-refractivity contribution in [3.63, 3.8) is 0 Å². The zero-order valence-electron chi connectivity index (χ0n) is 17.3. The van der Waals surface area contributed by atoms with Crippen LogP contribution in [0.25, 0.3) is 0 Å². The molecular weight excluding hydrogens is 386 g/mol. The Morgan fingerprint density at radius 2 is 2.07 bits per heavy atom. The molecule has 0 saturated carbocycles. The van der Waals surface area contributed by atoms with Crippen LogP contribution in [0.5, 0.6) is 5.88 Å². The van der Waals surface area contributed by atoms with Gasteiger partial charge in [0.05, 0.1) is 31.2 Å². The Hall–Kier alpha value is -2.74. The number of guanidine groups is 1. The quantitative estimate of drug-likeness (QED) is 0.393. The largest absolute Gasteiger partial charge is 0.481 e. The van der Waals surface area contributed by atoms with Crippen molar-refractivity contribution in [1.82, 2.24) is 20.4 Å². The van der Waals surface area contributed by atoms with Gasteiger partial charge in [-0.25, -0.2) is 9.67 Å². The monoisotopic (exact) mass is 415 g/mol. The zero-order chi connectivity index (χ0) is 20.5. The summed E-state index contributed by atoms with van der Waals surface area (Å²) < 4.78 is 12.7. The maximum Gasteiger partial charge on any atom is 0.216 e. The van der Waals surface area contributed by atoms with Gasteiger partial charge in [-0.3, -0.25) is 0 Å². The molecule has 0 aliphatic heterocycles. The number of aliphatic imine (C=N–C) groups is 1. The first-order valence-electron chi connectivity index (χ1n) is 9.87. The summed E-state index contributed by atoms with van der Waals surface area (Å²) >= 11 is 1.77. The summed E-state index contributed by atoms with van der Waals surface area (Å²) in [6.07, 6.45) is 4.31. The molecule has 0 unspecified atom stereocenters. The van der Waals surface area contributed by atoms with Crippen molar-refractivity contribution < 1.29 is 9.15 Å². The highest BCUT2D eigenvalue weighted by Crippen LogP contribution is 2.22. The summed E-state index contributed by atoms with van der Waals surface area (Å²) in [7, 11) is 3.57. The molecule has 2 N–H and O–H groups in total. The molecule has 3 aromatic heterocycles. The van der Waals surface area contributed by atoms with E-state index >= 15 is 0 Å². The SMILES string of the molecule is CCc1nn(C)c(OC)c1CN=C(NCCc1ccco1)NCCc1cccs1. The van der Waals surface area contributed by atoms with E-state index in [4.69, 9.17) is 14.1 Å². The van der Waals surface area contributed by atoms with Gasteiger partial charge >= 0.3 is 0 Å². The molecule has 0 fully saturated rings. The first-order valence-corrected chi connectivity index (χ1v) is 10.7. The molecular formula is C21H29N5O2S. The lowest BCUT2D eigenvalue weighted by Crippen LogP contribution is -2.39. The number of hydrogen-bond donors (Lipinski definition) is 2. The zero-order valence-corrected chi connectivity index (χ0v) is 18.1. The Morgan fingerprint density at radius 3 is 2.72 bits per heavy atom. The van der Waals surface area contributed by atoms with Crippen molar-refractivity contribution in [1.29, 1.82) is 0 Å². The molecule has 0 aliphatic rings. The molecule has 156 valence electrons. The summed E-state index contributed by atoms with van der Waals surface area (Å²) in [6, 6.07) is 8.13. The molecule has 0 atom stereocenters. The van der Waals surface area contributed by atoms with Gasteiger partial charge in [-0.2, -0.15) is 5.10 Å². The van der Waals surface area contributed by atoms with Crippen LogP contribution in [0, 0.1) is 0 Å². The molecule has 29 heavy (non-hydrogen) atoms. The summed E-state index contributed by atoms with van der Waals surface area (Å²) in [4.78, 5) is 6.15. The molecule has 0 bridgehead atoms. The fourth-order valence-electron chi connectivity index (χ4n) is 3.15. The first-order chi connectivity index (χ1) is 14.2. The minimum atomic E-state index is 0.509. The van der Waals surface area contributed by atoms with Crippen LogP contribution in [0.2, 0.25) is 0 Å². The van der Waals surface area contributed by atoms with Crippen LogP contribution < -0.4 is 15.4 Å². The molecule has 0 saturated heterocycles. The minimum Gasteiger partial charge on any atom is -0.481 e. The van der Waals surface area contributed by atoms with Crippen LogP contribution in [-0.4, -0.2) is 35.9 Å². The number of ether oxygens (including phenoxy) is 1. The van der Waals surface area contributed by atoms with E-state index in [-0.39, 0.29) is 0 Å². The van der Waals surface area contributed by atoms with Crippen LogP contribution >= 0.6 is 11.3 Å². The molecule has 0 spiro atoms. The Balaban J connectivity index is 1.65. The Morgan fingerprint density at radius 1 is 1.24 bits per heavy atom. The number of aromatic nitrogens is 2. The highest BCUT2D eigenvalue weighted by atomic mass is 32.1. The number of furan rings is 1. The predicted octanol–water partition coefficient (Wildman–Crippen LogP) is 3.17. The van der Waals surface area contributed by atoms with Gasteiger partial charge < -0.3 is 19.8 Å². The van der Waals surface area contributed by atoms with Gasteiger partial charge in [0, 0.05) is 31.4 Å². The molecule has 3 heterocycles. The van der Waals surface area contributed by atoms with Crippen molar-refractivity contribution in [3.8, 4) is 5.88 Å². The normalized spacial score (nSPS) is 11.6. The van der Waals surface area contributed by atoms with Crippen molar-refractivity contribution >= 4 is 17.3 Å². The molecule has 0 radical (unpaired) electrons. The third-order valence-electron chi connectivity index (χ3n) is 4.58. The smallest absolute Gasteiger partial charge is 0.216 e. The average Bonchev–Trinajstić information content (AvgIpc) is 3.47. The Labute approximate surface area is 175 Å². The second-order valence-corrected chi connectivity index (χ2v) is 7.62.